The molecule has 0 saturated carbocycles. The number of pyridine rings is 1. The number of halogens is 1. The number of amides is 1. The summed E-state index contributed by atoms with van der Waals surface area (Å²) < 4.78 is 10.4. The third-order valence-electron chi connectivity index (χ3n) is 3.78. The van der Waals surface area contributed by atoms with Crippen molar-refractivity contribution in [3.05, 3.63) is 41.0 Å². The highest BCUT2D eigenvalue weighted by atomic mass is 35.5. The van der Waals surface area contributed by atoms with Gasteiger partial charge in [-0.05, 0) is 24.5 Å². The van der Waals surface area contributed by atoms with E-state index in [0.717, 1.165) is 18.8 Å². The van der Waals surface area contributed by atoms with Crippen molar-refractivity contribution in [2.45, 2.75) is 20.3 Å². The Labute approximate surface area is 158 Å². The average molecular weight is 378 g/mol. The van der Waals surface area contributed by atoms with E-state index in [0.29, 0.717) is 33.7 Å². The minimum atomic E-state index is -0.297. The fourth-order valence-electron chi connectivity index (χ4n) is 2.27. The topological polar surface area (TPSA) is 72.5 Å². The van der Waals surface area contributed by atoms with Crippen LogP contribution in [-0.4, -0.2) is 31.7 Å². The van der Waals surface area contributed by atoms with Gasteiger partial charge >= 0.3 is 0 Å². The molecule has 7 heteroatoms. The number of nitrogens with one attached hydrogen (secondary N) is 2. The summed E-state index contributed by atoms with van der Waals surface area (Å²) in [6.07, 6.45) is 2.59. The predicted molar refractivity (Wildman–Crippen MR) is 105 cm³/mol. The molecule has 0 spiro atoms. The molecule has 1 heterocycles. The molecule has 26 heavy (non-hydrogen) atoms. The van der Waals surface area contributed by atoms with Crippen molar-refractivity contribution in [3.63, 3.8) is 0 Å². The van der Waals surface area contributed by atoms with Gasteiger partial charge in [-0.15, -0.1) is 0 Å². The fraction of sp³-hybridized carbons (Fsp3) is 0.368. The first-order valence-electron chi connectivity index (χ1n) is 8.37. The van der Waals surface area contributed by atoms with Crippen LogP contribution in [0.4, 0.5) is 11.5 Å². The van der Waals surface area contributed by atoms with E-state index < -0.39 is 0 Å². The summed E-state index contributed by atoms with van der Waals surface area (Å²) in [5, 5.41) is 6.44. The third kappa shape index (κ3) is 5.26. The first-order chi connectivity index (χ1) is 12.4. The van der Waals surface area contributed by atoms with E-state index in [2.05, 4.69) is 29.5 Å². The number of rotatable bonds is 8. The number of anilines is 2. The minimum absolute atomic E-state index is 0.297. The largest absolute Gasteiger partial charge is 0.495 e. The van der Waals surface area contributed by atoms with Crippen LogP contribution in [0, 0.1) is 5.92 Å². The van der Waals surface area contributed by atoms with Crippen molar-refractivity contribution in [3.8, 4) is 11.5 Å². The van der Waals surface area contributed by atoms with Crippen LogP contribution in [0.3, 0.4) is 0 Å². The van der Waals surface area contributed by atoms with Crippen LogP contribution < -0.4 is 20.1 Å². The highest BCUT2D eigenvalue weighted by molar-refractivity contribution is 6.32. The van der Waals surface area contributed by atoms with E-state index >= 15 is 0 Å². The molecule has 0 saturated heterocycles. The van der Waals surface area contributed by atoms with Crippen molar-refractivity contribution in [2.24, 2.45) is 5.92 Å². The van der Waals surface area contributed by atoms with Crippen LogP contribution in [0.5, 0.6) is 11.5 Å². The molecule has 2 aromatic rings. The molecule has 0 radical (unpaired) electrons. The molecule has 1 amide bonds. The first kappa shape index (κ1) is 19.8. The number of ether oxygens (including phenoxy) is 2. The normalized spacial score (nSPS) is 10.5. The lowest BCUT2D eigenvalue weighted by atomic mass is 10.1. The SMILES string of the molecule is COc1cc(NC(=O)c2ccc(NCCC(C)C)nc2)c(OC)cc1Cl. The molecule has 2 N–H and O–H groups in total. The highest BCUT2D eigenvalue weighted by Gasteiger charge is 2.14. The van der Waals surface area contributed by atoms with E-state index in [4.69, 9.17) is 21.1 Å². The summed E-state index contributed by atoms with van der Waals surface area (Å²) in [6.45, 7) is 5.18. The summed E-state index contributed by atoms with van der Waals surface area (Å²) >= 11 is 6.08. The van der Waals surface area contributed by atoms with Crippen molar-refractivity contribution < 1.29 is 14.3 Å². The zero-order valence-electron chi connectivity index (χ0n) is 15.4. The van der Waals surface area contributed by atoms with Gasteiger partial charge in [-0.3, -0.25) is 4.79 Å². The van der Waals surface area contributed by atoms with Gasteiger partial charge in [0.25, 0.3) is 5.91 Å². The van der Waals surface area contributed by atoms with Gasteiger partial charge in [-0.2, -0.15) is 0 Å². The Balaban J connectivity index is 2.08. The molecule has 0 aliphatic rings. The van der Waals surface area contributed by atoms with Crippen LogP contribution in [0.15, 0.2) is 30.5 Å². The summed E-state index contributed by atoms with van der Waals surface area (Å²) in [7, 11) is 3.02. The van der Waals surface area contributed by atoms with Crippen LogP contribution in [-0.2, 0) is 0 Å². The molecule has 1 aromatic carbocycles. The molecule has 140 valence electrons. The molecule has 0 aliphatic carbocycles. The number of nitrogens with zero attached hydrogens (tertiary/aromatic N) is 1. The fourth-order valence-corrected chi connectivity index (χ4v) is 2.51. The Kier molecular flexibility index (Phi) is 7.09. The van der Waals surface area contributed by atoms with E-state index in [1.165, 1.54) is 20.4 Å². The summed E-state index contributed by atoms with van der Waals surface area (Å²) in [5.41, 5.74) is 0.910. The molecule has 2 rings (SSSR count). The van der Waals surface area contributed by atoms with Crippen LogP contribution in [0.1, 0.15) is 30.6 Å². The predicted octanol–water partition coefficient (Wildman–Crippen LogP) is 4.46. The molecule has 0 fully saturated rings. The summed E-state index contributed by atoms with van der Waals surface area (Å²) in [6, 6.07) is 6.72. The van der Waals surface area contributed by atoms with Crippen molar-refractivity contribution >= 4 is 29.0 Å². The Morgan fingerprint density at radius 1 is 1.19 bits per heavy atom. The van der Waals surface area contributed by atoms with Gasteiger partial charge in [-0.25, -0.2) is 4.98 Å². The summed E-state index contributed by atoms with van der Waals surface area (Å²) in [5.74, 6) is 1.97. The number of carbonyl (C=O) groups is 1. The van der Waals surface area contributed by atoms with Crippen LogP contribution >= 0.6 is 11.6 Å². The van der Waals surface area contributed by atoms with Crippen LogP contribution in [0.25, 0.3) is 0 Å². The molecular weight excluding hydrogens is 354 g/mol. The van der Waals surface area contributed by atoms with E-state index in [1.807, 2.05) is 0 Å². The second kappa shape index (κ2) is 9.29. The second-order valence-electron chi connectivity index (χ2n) is 6.18. The third-order valence-corrected chi connectivity index (χ3v) is 4.07. The molecule has 6 nitrogen and oxygen atoms in total. The lowest BCUT2D eigenvalue weighted by Crippen LogP contribution is -2.14. The Morgan fingerprint density at radius 3 is 2.50 bits per heavy atom. The summed E-state index contributed by atoms with van der Waals surface area (Å²) in [4.78, 5) is 16.8. The number of benzene rings is 1. The van der Waals surface area contributed by atoms with Gasteiger partial charge in [0.1, 0.15) is 17.3 Å². The number of hydrogen-bond acceptors (Lipinski definition) is 5. The molecular formula is C19H24ClN3O3. The lowest BCUT2D eigenvalue weighted by Gasteiger charge is -2.13. The quantitative estimate of drug-likeness (QED) is 0.710. The smallest absolute Gasteiger partial charge is 0.257 e. The molecule has 0 bridgehead atoms. The number of hydrogen-bond donors (Lipinski definition) is 2. The maximum Gasteiger partial charge on any atom is 0.257 e. The van der Waals surface area contributed by atoms with E-state index in [9.17, 15) is 4.79 Å². The molecule has 0 atom stereocenters. The Hall–Kier alpha value is -2.47. The standard InChI is InChI=1S/C19H24ClN3O3/c1-12(2)7-8-21-18-6-5-13(11-22-18)19(24)23-15-10-16(25-3)14(20)9-17(15)26-4/h5-6,9-12H,7-8H2,1-4H3,(H,21,22)(H,23,24). The average Bonchev–Trinajstić information content (AvgIpc) is 2.63. The first-order valence-corrected chi connectivity index (χ1v) is 8.75. The molecule has 0 aliphatic heterocycles. The van der Waals surface area contributed by atoms with Gasteiger partial charge in [0.15, 0.2) is 0 Å². The maximum atomic E-state index is 12.5. The lowest BCUT2D eigenvalue weighted by molar-refractivity contribution is 0.102. The zero-order valence-corrected chi connectivity index (χ0v) is 16.2. The number of methoxy groups -OCH3 is 2. The van der Waals surface area contributed by atoms with Gasteiger partial charge in [0, 0.05) is 24.9 Å². The number of aromatic nitrogens is 1. The van der Waals surface area contributed by atoms with Crippen molar-refractivity contribution in [1.82, 2.24) is 4.98 Å². The maximum absolute atomic E-state index is 12.5. The Morgan fingerprint density at radius 2 is 1.92 bits per heavy atom. The van der Waals surface area contributed by atoms with Crippen LogP contribution in [0.2, 0.25) is 5.02 Å². The van der Waals surface area contributed by atoms with Gasteiger partial charge in [0.05, 0.1) is 30.5 Å². The highest BCUT2D eigenvalue weighted by Crippen LogP contribution is 2.36. The van der Waals surface area contributed by atoms with Gasteiger partial charge in [-0.1, -0.05) is 25.4 Å². The van der Waals surface area contributed by atoms with Crippen molar-refractivity contribution in [1.29, 1.82) is 0 Å². The zero-order chi connectivity index (χ0) is 19.1. The second-order valence-corrected chi connectivity index (χ2v) is 6.59. The molecule has 1 aromatic heterocycles. The monoisotopic (exact) mass is 377 g/mol. The van der Waals surface area contributed by atoms with Crippen molar-refractivity contribution in [2.75, 3.05) is 31.4 Å². The van der Waals surface area contributed by atoms with Gasteiger partial charge < -0.3 is 20.1 Å². The van der Waals surface area contributed by atoms with E-state index in [-0.39, 0.29) is 5.91 Å². The minimum Gasteiger partial charge on any atom is -0.495 e. The Bertz CT molecular complexity index is 748. The number of carbonyl (C=O) groups excluding carboxylic acids is 1. The molecule has 0 unspecified atom stereocenters. The van der Waals surface area contributed by atoms with E-state index in [1.54, 1.807) is 24.3 Å². The van der Waals surface area contributed by atoms with Gasteiger partial charge in [0.2, 0.25) is 0 Å².